The third kappa shape index (κ3) is 4.24. The second-order valence-corrected chi connectivity index (χ2v) is 5.88. The van der Waals surface area contributed by atoms with Gasteiger partial charge in [0, 0.05) is 10.2 Å². The van der Waals surface area contributed by atoms with Crippen LogP contribution in [-0.2, 0) is 11.2 Å². The second-order valence-electron chi connectivity index (χ2n) is 5.03. The van der Waals surface area contributed by atoms with Gasteiger partial charge in [0.25, 0.3) is 5.91 Å². The minimum Gasteiger partial charge on any atom is -0.484 e. The molecule has 5 heteroatoms. The van der Waals surface area contributed by atoms with Crippen LogP contribution in [0.3, 0.4) is 0 Å². The molecule has 0 heterocycles. The van der Waals surface area contributed by atoms with E-state index in [0.717, 1.165) is 16.5 Å². The number of ether oxygens (including phenoxy) is 1. The highest BCUT2D eigenvalue weighted by atomic mass is 79.9. The number of nitrogen functional groups attached to an aromatic ring is 1. The van der Waals surface area contributed by atoms with Gasteiger partial charge in [-0.2, -0.15) is 0 Å². The summed E-state index contributed by atoms with van der Waals surface area (Å²) >= 11 is 3.40. The number of carbonyl (C=O) groups excluding carboxylic acids is 1. The molecule has 116 valence electrons. The lowest BCUT2D eigenvalue weighted by molar-refractivity contribution is -0.118. The van der Waals surface area contributed by atoms with Crippen LogP contribution in [0.5, 0.6) is 5.75 Å². The van der Waals surface area contributed by atoms with Gasteiger partial charge in [0.05, 0.1) is 5.69 Å². The Morgan fingerprint density at radius 3 is 2.55 bits per heavy atom. The first-order valence-electron chi connectivity index (χ1n) is 7.06. The maximum Gasteiger partial charge on any atom is 0.262 e. The Balaban J connectivity index is 1.95. The quantitative estimate of drug-likeness (QED) is 0.792. The molecule has 0 bridgehead atoms. The maximum atomic E-state index is 12.0. The molecular weight excluding hydrogens is 344 g/mol. The summed E-state index contributed by atoms with van der Waals surface area (Å²) in [5.74, 6) is 0.466. The lowest BCUT2D eigenvalue weighted by Gasteiger charge is -2.12. The van der Waals surface area contributed by atoms with Gasteiger partial charge >= 0.3 is 0 Å². The summed E-state index contributed by atoms with van der Waals surface area (Å²) in [6, 6.07) is 11.3. The zero-order valence-corrected chi connectivity index (χ0v) is 14.2. The van der Waals surface area contributed by atoms with E-state index in [4.69, 9.17) is 10.5 Å². The van der Waals surface area contributed by atoms with Crippen LogP contribution in [0.2, 0.25) is 0 Å². The van der Waals surface area contributed by atoms with E-state index in [1.165, 1.54) is 5.56 Å². The third-order valence-electron chi connectivity index (χ3n) is 3.28. The molecule has 2 aromatic rings. The van der Waals surface area contributed by atoms with Crippen molar-refractivity contribution in [3.8, 4) is 5.75 Å². The van der Waals surface area contributed by atoms with Crippen molar-refractivity contribution >= 4 is 33.2 Å². The molecule has 0 saturated carbocycles. The molecule has 2 aromatic carbocycles. The van der Waals surface area contributed by atoms with Crippen LogP contribution in [0.4, 0.5) is 11.4 Å². The van der Waals surface area contributed by atoms with E-state index in [9.17, 15) is 4.79 Å². The van der Waals surface area contributed by atoms with E-state index >= 15 is 0 Å². The SMILES string of the molecule is CCc1ccc(OCC(=O)Nc2c(C)cc(N)cc2Br)cc1. The number of hydrogen-bond acceptors (Lipinski definition) is 3. The van der Waals surface area contributed by atoms with Gasteiger partial charge in [0.1, 0.15) is 5.75 Å². The molecule has 0 unspecified atom stereocenters. The highest BCUT2D eigenvalue weighted by molar-refractivity contribution is 9.10. The van der Waals surface area contributed by atoms with E-state index in [1.54, 1.807) is 6.07 Å². The largest absolute Gasteiger partial charge is 0.484 e. The van der Waals surface area contributed by atoms with E-state index in [2.05, 4.69) is 28.2 Å². The van der Waals surface area contributed by atoms with E-state index < -0.39 is 0 Å². The Labute approximate surface area is 138 Å². The molecule has 22 heavy (non-hydrogen) atoms. The number of amides is 1. The van der Waals surface area contributed by atoms with Crippen LogP contribution < -0.4 is 15.8 Å². The summed E-state index contributed by atoms with van der Waals surface area (Å²) < 4.78 is 6.25. The molecule has 0 saturated heterocycles. The highest BCUT2D eigenvalue weighted by Crippen LogP contribution is 2.28. The summed E-state index contributed by atoms with van der Waals surface area (Å²) in [7, 11) is 0. The minimum absolute atomic E-state index is 0.0400. The van der Waals surface area contributed by atoms with Crippen molar-refractivity contribution in [2.24, 2.45) is 0 Å². The second kappa shape index (κ2) is 7.31. The summed E-state index contributed by atoms with van der Waals surface area (Å²) in [6.45, 7) is 3.94. The Bertz CT molecular complexity index is 646. The van der Waals surface area contributed by atoms with Crippen LogP contribution in [0.15, 0.2) is 40.9 Å². The molecule has 0 aliphatic heterocycles. The standard InChI is InChI=1S/C17H19BrN2O2/c1-3-12-4-6-14(7-5-12)22-10-16(21)20-17-11(2)8-13(19)9-15(17)18/h4-9H,3,10,19H2,1-2H3,(H,20,21). The van der Waals surface area contributed by atoms with Gasteiger partial charge in [-0.25, -0.2) is 0 Å². The Kier molecular flexibility index (Phi) is 5.44. The molecule has 2 rings (SSSR count). The van der Waals surface area contributed by atoms with E-state index in [1.807, 2.05) is 37.3 Å². The molecule has 0 spiro atoms. The van der Waals surface area contributed by atoms with Crippen molar-refractivity contribution in [1.82, 2.24) is 0 Å². The predicted molar refractivity (Wildman–Crippen MR) is 93.2 cm³/mol. The van der Waals surface area contributed by atoms with Gasteiger partial charge in [-0.15, -0.1) is 0 Å². The normalized spacial score (nSPS) is 10.3. The number of carbonyl (C=O) groups is 1. The number of anilines is 2. The number of nitrogens with two attached hydrogens (primary N) is 1. The smallest absolute Gasteiger partial charge is 0.262 e. The van der Waals surface area contributed by atoms with Gasteiger partial charge < -0.3 is 15.8 Å². The summed E-state index contributed by atoms with van der Waals surface area (Å²) in [6.07, 6.45) is 0.977. The van der Waals surface area contributed by atoms with Crippen molar-refractivity contribution in [1.29, 1.82) is 0 Å². The van der Waals surface area contributed by atoms with Gasteiger partial charge in [0.2, 0.25) is 0 Å². The lowest BCUT2D eigenvalue weighted by Crippen LogP contribution is -2.21. The topological polar surface area (TPSA) is 64.3 Å². The third-order valence-corrected chi connectivity index (χ3v) is 3.90. The first-order valence-corrected chi connectivity index (χ1v) is 7.86. The zero-order valence-electron chi connectivity index (χ0n) is 12.7. The number of rotatable bonds is 5. The lowest BCUT2D eigenvalue weighted by atomic mass is 10.2. The first-order chi connectivity index (χ1) is 10.5. The number of hydrogen-bond donors (Lipinski definition) is 2. The molecule has 0 aromatic heterocycles. The fourth-order valence-corrected chi connectivity index (χ4v) is 2.75. The predicted octanol–water partition coefficient (Wildman–Crippen LogP) is 3.92. The summed E-state index contributed by atoms with van der Waals surface area (Å²) in [5, 5.41) is 2.83. The molecule has 0 aliphatic carbocycles. The van der Waals surface area contributed by atoms with Gasteiger partial charge in [0.15, 0.2) is 6.61 Å². The van der Waals surface area contributed by atoms with Crippen LogP contribution in [-0.4, -0.2) is 12.5 Å². The van der Waals surface area contributed by atoms with Crippen LogP contribution in [0, 0.1) is 6.92 Å². The molecule has 0 atom stereocenters. The first kappa shape index (κ1) is 16.4. The fraction of sp³-hybridized carbons (Fsp3) is 0.235. The molecular formula is C17H19BrN2O2. The summed E-state index contributed by atoms with van der Waals surface area (Å²) in [4.78, 5) is 12.0. The van der Waals surface area contributed by atoms with Crippen molar-refractivity contribution in [2.75, 3.05) is 17.7 Å². The van der Waals surface area contributed by atoms with Crippen LogP contribution >= 0.6 is 15.9 Å². The van der Waals surface area contributed by atoms with Crippen molar-refractivity contribution in [2.45, 2.75) is 20.3 Å². The van der Waals surface area contributed by atoms with Crippen LogP contribution in [0.25, 0.3) is 0 Å². The van der Waals surface area contributed by atoms with Crippen molar-refractivity contribution < 1.29 is 9.53 Å². The van der Waals surface area contributed by atoms with Gasteiger partial charge in [-0.1, -0.05) is 19.1 Å². The average molecular weight is 363 g/mol. The Hall–Kier alpha value is -2.01. The van der Waals surface area contributed by atoms with Crippen molar-refractivity contribution in [3.05, 3.63) is 52.0 Å². The molecule has 4 nitrogen and oxygen atoms in total. The highest BCUT2D eigenvalue weighted by Gasteiger charge is 2.10. The number of benzene rings is 2. The molecule has 0 radical (unpaired) electrons. The molecule has 0 fully saturated rings. The number of aryl methyl sites for hydroxylation is 2. The van der Waals surface area contributed by atoms with E-state index in [-0.39, 0.29) is 12.5 Å². The monoisotopic (exact) mass is 362 g/mol. The van der Waals surface area contributed by atoms with Gasteiger partial charge in [-0.3, -0.25) is 4.79 Å². The minimum atomic E-state index is -0.215. The number of nitrogens with one attached hydrogen (secondary N) is 1. The fourth-order valence-electron chi connectivity index (χ4n) is 2.07. The maximum absolute atomic E-state index is 12.0. The molecule has 0 aliphatic rings. The molecule has 1 amide bonds. The van der Waals surface area contributed by atoms with Gasteiger partial charge in [-0.05, 0) is 64.7 Å². The summed E-state index contributed by atoms with van der Waals surface area (Å²) in [5.41, 5.74) is 9.24. The van der Waals surface area contributed by atoms with E-state index in [0.29, 0.717) is 17.1 Å². The zero-order chi connectivity index (χ0) is 16.1. The Morgan fingerprint density at radius 2 is 1.95 bits per heavy atom. The average Bonchev–Trinajstić information content (AvgIpc) is 2.49. The van der Waals surface area contributed by atoms with Crippen molar-refractivity contribution in [3.63, 3.8) is 0 Å². The Morgan fingerprint density at radius 1 is 1.27 bits per heavy atom. The van der Waals surface area contributed by atoms with Crippen LogP contribution in [0.1, 0.15) is 18.1 Å². The molecule has 3 N–H and O–H groups in total. The number of halogens is 1.